The topological polar surface area (TPSA) is 12.0 Å². The van der Waals surface area contributed by atoms with Crippen LogP contribution in [0.5, 0.6) is 0 Å². The monoisotopic (exact) mass is 303 g/mol. The van der Waals surface area contributed by atoms with E-state index in [-0.39, 0.29) is 0 Å². The van der Waals surface area contributed by atoms with E-state index in [1.165, 1.54) is 31.2 Å². The molecule has 0 heterocycles. The first-order valence-electron chi connectivity index (χ1n) is 5.88. The minimum atomic E-state index is 0.783. The van der Waals surface area contributed by atoms with Gasteiger partial charge in [0, 0.05) is 11.0 Å². The van der Waals surface area contributed by atoms with Gasteiger partial charge in [-0.2, -0.15) is 0 Å². The van der Waals surface area contributed by atoms with Crippen LogP contribution >= 0.6 is 27.5 Å². The summed E-state index contributed by atoms with van der Waals surface area (Å²) in [5.74, 6) is 0. The molecule has 0 aliphatic rings. The molecule has 0 aliphatic carbocycles. The van der Waals surface area contributed by atoms with Crippen molar-refractivity contribution >= 4 is 27.5 Å². The van der Waals surface area contributed by atoms with Gasteiger partial charge in [0.05, 0.1) is 5.02 Å². The van der Waals surface area contributed by atoms with Crippen molar-refractivity contribution in [1.82, 2.24) is 5.32 Å². The van der Waals surface area contributed by atoms with Gasteiger partial charge in [-0.3, -0.25) is 0 Å². The Bertz CT molecular complexity index is 315. The summed E-state index contributed by atoms with van der Waals surface area (Å²) < 4.78 is 0.959. The minimum absolute atomic E-state index is 0.783. The first-order valence-corrected chi connectivity index (χ1v) is 7.05. The minimum Gasteiger partial charge on any atom is -0.313 e. The van der Waals surface area contributed by atoms with Crippen molar-refractivity contribution < 1.29 is 0 Å². The van der Waals surface area contributed by atoms with Crippen molar-refractivity contribution in [2.75, 3.05) is 6.54 Å². The molecule has 1 aromatic carbocycles. The molecule has 0 radical (unpaired) electrons. The molecule has 0 amide bonds. The van der Waals surface area contributed by atoms with Crippen LogP contribution < -0.4 is 5.32 Å². The predicted octanol–water partition coefficient (Wildman–Crippen LogP) is 4.77. The maximum atomic E-state index is 6.02. The van der Waals surface area contributed by atoms with Crippen LogP contribution in [-0.4, -0.2) is 6.54 Å². The van der Waals surface area contributed by atoms with Crippen LogP contribution in [0.3, 0.4) is 0 Å². The van der Waals surface area contributed by atoms with Gasteiger partial charge in [0.2, 0.25) is 0 Å². The van der Waals surface area contributed by atoms with Crippen molar-refractivity contribution in [3.05, 3.63) is 33.3 Å². The van der Waals surface area contributed by atoms with Crippen LogP contribution in [0.25, 0.3) is 0 Å². The molecule has 1 aromatic rings. The SMILES string of the molecule is CCCCCCNCc1ccc(Br)c(Cl)c1. The van der Waals surface area contributed by atoms with Gasteiger partial charge in [0.25, 0.3) is 0 Å². The van der Waals surface area contributed by atoms with Crippen LogP contribution in [0.2, 0.25) is 5.02 Å². The summed E-state index contributed by atoms with van der Waals surface area (Å²) in [4.78, 5) is 0. The van der Waals surface area contributed by atoms with Crippen LogP contribution in [0.1, 0.15) is 38.2 Å². The van der Waals surface area contributed by atoms with Gasteiger partial charge in [-0.25, -0.2) is 0 Å². The molecule has 0 atom stereocenters. The standard InChI is InChI=1S/C13H19BrClN/c1-2-3-4-5-8-16-10-11-6-7-12(14)13(15)9-11/h6-7,9,16H,2-5,8,10H2,1H3. The summed E-state index contributed by atoms with van der Waals surface area (Å²) in [6, 6.07) is 6.09. The number of rotatable bonds is 7. The fraction of sp³-hybridized carbons (Fsp3) is 0.538. The molecule has 90 valence electrons. The molecule has 1 nitrogen and oxygen atoms in total. The Hall–Kier alpha value is -0.0500. The molecule has 0 fully saturated rings. The summed E-state index contributed by atoms with van der Waals surface area (Å²) in [6.45, 7) is 4.23. The molecule has 1 N–H and O–H groups in total. The van der Waals surface area contributed by atoms with E-state index in [0.717, 1.165) is 22.6 Å². The molecule has 0 aromatic heterocycles. The van der Waals surface area contributed by atoms with Crippen molar-refractivity contribution in [2.45, 2.75) is 39.2 Å². The first-order chi connectivity index (χ1) is 7.74. The zero-order valence-electron chi connectivity index (χ0n) is 9.73. The average Bonchev–Trinajstić information content (AvgIpc) is 2.28. The fourth-order valence-corrected chi connectivity index (χ4v) is 2.01. The van der Waals surface area contributed by atoms with Gasteiger partial charge in [-0.15, -0.1) is 0 Å². The number of hydrogen-bond acceptors (Lipinski definition) is 1. The summed E-state index contributed by atoms with van der Waals surface area (Å²) in [7, 11) is 0. The molecule has 0 unspecified atom stereocenters. The molecule has 0 saturated carbocycles. The summed E-state index contributed by atoms with van der Waals surface area (Å²) >= 11 is 9.41. The Balaban J connectivity index is 2.19. The third-order valence-electron chi connectivity index (χ3n) is 2.52. The molecular formula is C13H19BrClN. The predicted molar refractivity (Wildman–Crippen MR) is 75.0 cm³/mol. The van der Waals surface area contributed by atoms with E-state index in [4.69, 9.17) is 11.6 Å². The highest BCUT2D eigenvalue weighted by Crippen LogP contribution is 2.22. The third kappa shape index (κ3) is 5.33. The van der Waals surface area contributed by atoms with Crippen LogP contribution in [0.4, 0.5) is 0 Å². The van der Waals surface area contributed by atoms with E-state index in [9.17, 15) is 0 Å². The largest absolute Gasteiger partial charge is 0.313 e. The van der Waals surface area contributed by atoms with Crippen molar-refractivity contribution in [2.24, 2.45) is 0 Å². The van der Waals surface area contributed by atoms with Crippen LogP contribution in [-0.2, 0) is 6.54 Å². The quantitative estimate of drug-likeness (QED) is 0.715. The Labute approximate surface area is 112 Å². The number of benzene rings is 1. The highest BCUT2D eigenvalue weighted by molar-refractivity contribution is 9.10. The number of halogens is 2. The van der Waals surface area contributed by atoms with E-state index >= 15 is 0 Å². The zero-order chi connectivity index (χ0) is 11.8. The fourth-order valence-electron chi connectivity index (χ4n) is 1.56. The van der Waals surface area contributed by atoms with E-state index in [2.05, 4.69) is 34.2 Å². The van der Waals surface area contributed by atoms with Gasteiger partial charge < -0.3 is 5.32 Å². The Kier molecular flexibility index (Phi) is 7.10. The third-order valence-corrected chi connectivity index (χ3v) is 3.75. The zero-order valence-corrected chi connectivity index (χ0v) is 12.1. The second kappa shape index (κ2) is 8.10. The number of unbranched alkanes of at least 4 members (excludes halogenated alkanes) is 3. The smallest absolute Gasteiger partial charge is 0.0551 e. The maximum absolute atomic E-state index is 6.02. The summed E-state index contributed by atoms with van der Waals surface area (Å²) in [5, 5.41) is 4.22. The van der Waals surface area contributed by atoms with Crippen LogP contribution in [0, 0.1) is 0 Å². The van der Waals surface area contributed by atoms with E-state index in [1.807, 2.05) is 12.1 Å². The molecule has 16 heavy (non-hydrogen) atoms. The lowest BCUT2D eigenvalue weighted by atomic mass is 10.2. The molecular weight excluding hydrogens is 286 g/mol. The maximum Gasteiger partial charge on any atom is 0.0551 e. The summed E-state index contributed by atoms with van der Waals surface area (Å²) in [6.07, 6.45) is 5.22. The molecule has 1 rings (SSSR count). The van der Waals surface area contributed by atoms with E-state index in [1.54, 1.807) is 0 Å². The lowest BCUT2D eigenvalue weighted by Gasteiger charge is -2.05. The van der Waals surface area contributed by atoms with Gasteiger partial charge in [0.1, 0.15) is 0 Å². The second-order valence-electron chi connectivity index (χ2n) is 3.99. The van der Waals surface area contributed by atoms with Crippen molar-refractivity contribution in [1.29, 1.82) is 0 Å². The Morgan fingerprint density at radius 3 is 2.75 bits per heavy atom. The normalized spacial score (nSPS) is 10.7. The van der Waals surface area contributed by atoms with E-state index in [0.29, 0.717) is 0 Å². The van der Waals surface area contributed by atoms with Crippen LogP contribution in [0.15, 0.2) is 22.7 Å². The lowest BCUT2D eigenvalue weighted by molar-refractivity contribution is 0.598. The lowest BCUT2D eigenvalue weighted by Crippen LogP contribution is -2.14. The molecule has 0 saturated heterocycles. The van der Waals surface area contributed by atoms with Crippen molar-refractivity contribution in [3.8, 4) is 0 Å². The highest BCUT2D eigenvalue weighted by Gasteiger charge is 1.98. The molecule has 0 aliphatic heterocycles. The van der Waals surface area contributed by atoms with Crippen molar-refractivity contribution in [3.63, 3.8) is 0 Å². The number of hydrogen-bond donors (Lipinski definition) is 1. The molecule has 3 heteroatoms. The Morgan fingerprint density at radius 1 is 1.25 bits per heavy atom. The number of nitrogens with one attached hydrogen (secondary N) is 1. The molecule has 0 bridgehead atoms. The second-order valence-corrected chi connectivity index (χ2v) is 5.25. The van der Waals surface area contributed by atoms with E-state index < -0.39 is 0 Å². The first kappa shape index (κ1) is 14.0. The molecule has 0 spiro atoms. The van der Waals surface area contributed by atoms with Gasteiger partial charge in [-0.05, 0) is 46.6 Å². The highest BCUT2D eigenvalue weighted by atomic mass is 79.9. The van der Waals surface area contributed by atoms with Gasteiger partial charge in [-0.1, -0.05) is 43.9 Å². The Morgan fingerprint density at radius 2 is 2.06 bits per heavy atom. The van der Waals surface area contributed by atoms with Gasteiger partial charge in [0.15, 0.2) is 0 Å². The average molecular weight is 305 g/mol. The van der Waals surface area contributed by atoms with Gasteiger partial charge >= 0.3 is 0 Å². The summed E-state index contributed by atoms with van der Waals surface area (Å²) in [5.41, 5.74) is 1.24.